The van der Waals surface area contributed by atoms with Gasteiger partial charge in [-0.1, -0.05) is 45.4 Å². The summed E-state index contributed by atoms with van der Waals surface area (Å²) in [6, 6.07) is 1.50. The number of nitrogens with zero attached hydrogens (tertiary/aromatic N) is 3. The van der Waals surface area contributed by atoms with Crippen molar-refractivity contribution in [2.75, 3.05) is 6.54 Å². The first-order valence-electron chi connectivity index (χ1n) is 9.31. The maximum atomic E-state index is 12.3. The molecule has 0 aliphatic carbocycles. The van der Waals surface area contributed by atoms with Gasteiger partial charge in [0.1, 0.15) is 5.65 Å². The van der Waals surface area contributed by atoms with Crippen molar-refractivity contribution in [1.82, 2.24) is 19.4 Å². The molecule has 0 saturated heterocycles. The van der Waals surface area contributed by atoms with Crippen molar-refractivity contribution in [3.05, 3.63) is 38.7 Å². The van der Waals surface area contributed by atoms with Gasteiger partial charge in [0.15, 0.2) is 0 Å². The second kappa shape index (κ2) is 9.31. The van der Waals surface area contributed by atoms with Crippen molar-refractivity contribution in [2.24, 2.45) is 14.1 Å². The van der Waals surface area contributed by atoms with E-state index in [1.54, 1.807) is 7.05 Å². The lowest BCUT2D eigenvalue weighted by molar-refractivity contribution is 0.0952. The molecule has 7 heteroatoms. The van der Waals surface area contributed by atoms with Crippen LogP contribution in [0.1, 0.15) is 62.2 Å². The molecule has 26 heavy (non-hydrogen) atoms. The first kappa shape index (κ1) is 19.9. The summed E-state index contributed by atoms with van der Waals surface area (Å²) in [7, 11) is 2.97. The van der Waals surface area contributed by atoms with Crippen LogP contribution in [0.3, 0.4) is 0 Å². The summed E-state index contributed by atoms with van der Waals surface area (Å²) < 4.78 is 2.32. The summed E-state index contributed by atoms with van der Waals surface area (Å²) in [4.78, 5) is 40.6. The number of aryl methyl sites for hydroxylation is 1. The average Bonchev–Trinajstić information content (AvgIpc) is 2.66. The largest absolute Gasteiger partial charge is 0.352 e. The Morgan fingerprint density at radius 1 is 1.04 bits per heavy atom. The number of hydrogen-bond acceptors (Lipinski definition) is 4. The van der Waals surface area contributed by atoms with Gasteiger partial charge in [0, 0.05) is 26.8 Å². The molecule has 0 atom stereocenters. The maximum Gasteiger partial charge on any atom is 0.332 e. The number of fused-ring (bicyclic) bond motifs is 1. The topological polar surface area (TPSA) is 86.0 Å². The zero-order valence-electron chi connectivity index (χ0n) is 15.9. The van der Waals surface area contributed by atoms with Crippen LogP contribution in [0, 0.1) is 0 Å². The van der Waals surface area contributed by atoms with E-state index in [-0.39, 0.29) is 16.9 Å². The van der Waals surface area contributed by atoms with Crippen LogP contribution < -0.4 is 16.6 Å². The van der Waals surface area contributed by atoms with E-state index in [9.17, 15) is 14.4 Å². The van der Waals surface area contributed by atoms with Gasteiger partial charge in [-0.2, -0.15) is 0 Å². The first-order valence-corrected chi connectivity index (χ1v) is 9.31. The minimum atomic E-state index is -0.447. The lowest BCUT2D eigenvalue weighted by Crippen LogP contribution is -2.37. The van der Waals surface area contributed by atoms with Crippen LogP contribution in [-0.4, -0.2) is 26.6 Å². The molecule has 7 nitrogen and oxygen atoms in total. The molecule has 0 bridgehead atoms. The van der Waals surface area contributed by atoms with E-state index < -0.39 is 11.2 Å². The number of aromatic nitrogens is 3. The molecule has 0 aliphatic rings. The number of pyridine rings is 1. The lowest BCUT2D eigenvalue weighted by atomic mass is 10.1. The highest BCUT2D eigenvalue weighted by molar-refractivity contribution is 5.96. The van der Waals surface area contributed by atoms with Crippen LogP contribution in [0.15, 0.2) is 21.9 Å². The summed E-state index contributed by atoms with van der Waals surface area (Å²) in [5.41, 5.74) is -0.276. The molecule has 142 valence electrons. The van der Waals surface area contributed by atoms with E-state index in [1.807, 2.05) is 0 Å². The van der Waals surface area contributed by atoms with Crippen molar-refractivity contribution in [3.8, 4) is 0 Å². The fourth-order valence-corrected chi connectivity index (χ4v) is 2.98. The molecule has 2 rings (SSSR count). The Morgan fingerprint density at radius 2 is 1.69 bits per heavy atom. The van der Waals surface area contributed by atoms with Crippen LogP contribution in [0.25, 0.3) is 11.0 Å². The molecule has 2 aromatic rings. The molecule has 0 aromatic carbocycles. The number of nitrogens with one attached hydrogen (secondary N) is 1. The summed E-state index contributed by atoms with van der Waals surface area (Å²) in [6.07, 6.45) is 9.70. The second-order valence-electron chi connectivity index (χ2n) is 6.68. The highest BCUT2D eigenvalue weighted by Gasteiger charge is 2.13. The first-order chi connectivity index (χ1) is 12.5. The molecular weight excluding hydrogens is 332 g/mol. The SMILES string of the molecule is CCCCCCCCCNC(=O)c1cnc2c(c1)c(=O)n(C)c(=O)n2C. The van der Waals surface area contributed by atoms with E-state index in [0.717, 1.165) is 17.4 Å². The van der Waals surface area contributed by atoms with Crippen molar-refractivity contribution in [3.63, 3.8) is 0 Å². The molecule has 0 aliphatic heterocycles. The van der Waals surface area contributed by atoms with E-state index in [1.165, 1.54) is 56.0 Å². The molecule has 2 aromatic heterocycles. The third kappa shape index (κ3) is 4.59. The summed E-state index contributed by atoms with van der Waals surface area (Å²) >= 11 is 0. The lowest BCUT2D eigenvalue weighted by Gasteiger charge is -2.09. The maximum absolute atomic E-state index is 12.3. The van der Waals surface area contributed by atoms with Crippen LogP contribution in [0.2, 0.25) is 0 Å². The van der Waals surface area contributed by atoms with E-state index in [0.29, 0.717) is 12.1 Å². The van der Waals surface area contributed by atoms with Crippen molar-refractivity contribution in [1.29, 1.82) is 0 Å². The van der Waals surface area contributed by atoms with E-state index in [2.05, 4.69) is 17.2 Å². The Morgan fingerprint density at radius 3 is 2.38 bits per heavy atom. The van der Waals surface area contributed by atoms with Gasteiger partial charge in [-0.3, -0.25) is 18.7 Å². The number of amides is 1. The Bertz CT molecular complexity index is 883. The standard InChI is InChI=1S/C19H28N4O3/c1-4-5-6-7-8-9-10-11-20-17(24)14-12-15-16(21-13-14)22(2)19(26)23(3)18(15)25/h12-13H,4-11H2,1-3H3,(H,20,24). The highest BCUT2D eigenvalue weighted by Crippen LogP contribution is 2.08. The van der Waals surface area contributed by atoms with Gasteiger partial charge in [0.05, 0.1) is 10.9 Å². The summed E-state index contributed by atoms with van der Waals surface area (Å²) in [5, 5.41) is 3.13. The van der Waals surface area contributed by atoms with Gasteiger partial charge in [-0.15, -0.1) is 0 Å². The molecule has 2 heterocycles. The summed E-state index contributed by atoms with van der Waals surface area (Å²) in [5.74, 6) is -0.249. The quantitative estimate of drug-likeness (QED) is 0.694. The Hall–Kier alpha value is -2.44. The molecular formula is C19H28N4O3. The smallest absolute Gasteiger partial charge is 0.332 e. The van der Waals surface area contributed by atoms with Crippen molar-refractivity contribution in [2.45, 2.75) is 51.9 Å². The van der Waals surface area contributed by atoms with Gasteiger partial charge < -0.3 is 5.32 Å². The number of carbonyl (C=O) groups excluding carboxylic acids is 1. The van der Waals surface area contributed by atoms with Crippen molar-refractivity contribution < 1.29 is 4.79 Å². The van der Waals surface area contributed by atoms with Gasteiger partial charge in [-0.25, -0.2) is 9.78 Å². The molecule has 0 saturated carbocycles. The van der Waals surface area contributed by atoms with Crippen LogP contribution in [0.4, 0.5) is 0 Å². The third-order valence-electron chi connectivity index (χ3n) is 4.62. The van der Waals surface area contributed by atoms with Gasteiger partial charge >= 0.3 is 5.69 Å². The monoisotopic (exact) mass is 360 g/mol. The normalized spacial score (nSPS) is 11.0. The van der Waals surface area contributed by atoms with Gasteiger partial charge in [0.2, 0.25) is 0 Å². The van der Waals surface area contributed by atoms with E-state index >= 15 is 0 Å². The zero-order chi connectivity index (χ0) is 19.1. The predicted molar refractivity (Wildman–Crippen MR) is 103 cm³/mol. The third-order valence-corrected chi connectivity index (χ3v) is 4.62. The summed E-state index contributed by atoms with van der Waals surface area (Å²) in [6.45, 7) is 2.81. The highest BCUT2D eigenvalue weighted by atomic mass is 16.2. The van der Waals surface area contributed by atoms with E-state index in [4.69, 9.17) is 0 Å². The van der Waals surface area contributed by atoms with Crippen LogP contribution >= 0.6 is 0 Å². The number of carbonyl (C=O) groups is 1. The van der Waals surface area contributed by atoms with Gasteiger partial charge in [0.25, 0.3) is 11.5 Å². The fraction of sp³-hybridized carbons (Fsp3) is 0.579. The molecule has 0 radical (unpaired) electrons. The Labute approximate surface area is 153 Å². The number of hydrogen-bond donors (Lipinski definition) is 1. The molecule has 1 N–H and O–H groups in total. The second-order valence-corrected chi connectivity index (χ2v) is 6.68. The Kier molecular flexibility index (Phi) is 7.12. The minimum Gasteiger partial charge on any atom is -0.352 e. The zero-order valence-corrected chi connectivity index (χ0v) is 15.9. The minimum absolute atomic E-state index is 0.249. The average molecular weight is 360 g/mol. The fourth-order valence-electron chi connectivity index (χ4n) is 2.98. The molecule has 1 amide bonds. The number of unbranched alkanes of at least 4 members (excludes halogenated alkanes) is 6. The van der Waals surface area contributed by atoms with Crippen molar-refractivity contribution >= 4 is 16.9 Å². The van der Waals surface area contributed by atoms with Crippen LogP contribution in [0.5, 0.6) is 0 Å². The number of rotatable bonds is 9. The predicted octanol–water partition coefficient (Wildman–Crippen LogP) is 2.11. The molecule has 0 unspecified atom stereocenters. The van der Waals surface area contributed by atoms with Crippen LogP contribution in [-0.2, 0) is 14.1 Å². The van der Waals surface area contributed by atoms with Gasteiger partial charge in [-0.05, 0) is 12.5 Å². The Balaban J connectivity index is 1.97. The molecule has 0 fully saturated rings. The molecule has 0 spiro atoms.